The van der Waals surface area contributed by atoms with Crippen molar-refractivity contribution < 1.29 is 24.1 Å². The largest absolute Gasteiger partial charge is 0.491 e. The van der Waals surface area contributed by atoms with Gasteiger partial charge < -0.3 is 19.3 Å². The molecule has 0 aromatic heterocycles. The topological polar surface area (TPSA) is 65.0 Å². The van der Waals surface area contributed by atoms with Crippen molar-refractivity contribution in [2.45, 2.75) is 18.9 Å². The lowest BCUT2D eigenvalue weighted by atomic mass is 10.2. The fourth-order valence-corrected chi connectivity index (χ4v) is 2.08. The summed E-state index contributed by atoms with van der Waals surface area (Å²) in [6.45, 7) is 2.42. The Hall–Kier alpha value is -1.85. The van der Waals surface area contributed by atoms with Gasteiger partial charge in [0.1, 0.15) is 12.4 Å². The Morgan fingerprint density at radius 3 is 3.10 bits per heavy atom. The van der Waals surface area contributed by atoms with E-state index in [2.05, 4.69) is 0 Å². The van der Waals surface area contributed by atoms with Gasteiger partial charge in [-0.1, -0.05) is 12.1 Å². The van der Waals surface area contributed by atoms with Gasteiger partial charge in [-0.3, -0.25) is 0 Å². The third kappa shape index (κ3) is 5.97. The zero-order valence-electron chi connectivity index (χ0n) is 11.9. The first-order chi connectivity index (χ1) is 10.2. The van der Waals surface area contributed by atoms with Gasteiger partial charge in [0, 0.05) is 12.7 Å². The van der Waals surface area contributed by atoms with E-state index in [-0.39, 0.29) is 6.10 Å². The number of ether oxygens (including phenoxy) is 3. The molecular weight excluding hydrogens is 272 g/mol. The second-order valence-electron chi connectivity index (χ2n) is 4.80. The fourth-order valence-electron chi connectivity index (χ4n) is 2.08. The van der Waals surface area contributed by atoms with Gasteiger partial charge in [0.2, 0.25) is 0 Å². The third-order valence-corrected chi connectivity index (χ3v) is 3.10. The highest BCUT2D eigenvalue weighted by molar-refractivity contribution is 5.85. The maximum atomic E-state index is 10.5. The molecule has 1 N–H and O–H groups in total. The smallest absolute Gasteiger partial charge is 0.328 e. The van der Waals surface area contributed by atoms with Crippen molar-refractivity contribution in [1.82, 2.24) is 0 Å². The summed E-state index contributed by atoms with van der Waals surface area (Å²) in [6, 6.07) is 7.27. The van der Waals surface area contributed by atoms with E-state index in [0.29, 0.717) is 25.6 Å². The second-order valence-corrected chi connectivity index (χ2v) is 4.80. The Morgan fingerprint density at radius 2 is 2.33 bits per heavy atom. The Balaban J connectivity index is 1.67. The van der Waals surface area contributed by atoms with Gasteiger partial charge in [0.15, 0.2) is 0 Å². The lowest BCUT2D eigenvalue weighted by molar-refractivity contribution is -0.131. The molecule has 1 atom stereocenters. The van der Waals surface area contributed by atoms with Crippen molar-refractivity contribution in [2.24, 2.45) is 0 Å². The monoisotopic (exact) mass is 292 g/mol. The summed E-state index contributed by atoms with van der Waals surface area (Å²) >= 11 is 0. The minimum atomic E-state index is -0.969. The van der Waals surface area contributed by atoms with Crippen LogP contribution < -0.4 is 4.74 Å². The summed E-state index contributed by atoms with van der Waals surface area (Å²) in [5, 5.41) is 8.59. The number of benzene rings is 1. The van der Waals surface area contributed by atoms with Gasteiger partial charge >= 0.3 is 5.97 Å². The van der Waals surface area contributed by atoms with Crippen molar-refractivity contribution >= 4 is 12.0 Å². The SMILES string of the molecule is O=C(O)C=Cc1cccc(OCCOCC2CCCO2)c1. The van der Waals surface area contributed by atoms with Crippen LogP contribution >= 0.6 is 0 Å². The van der Waals surface area contributed by atoms with Crippen LogP contribution in [0.1, 0.15) is 18.4 Å². The first kappa shape index (κ1) is 15.5. The summed E-state index contributed by atoms with van der Waals surface area (Å²) in [7, 11) is 0. The van der Waals surface area contributed by atoms with Gasteiger partial charge in [-0.2, -0.15) is 0 Å². The van der Waals surface area contributed by atoms with Crippen molar-refractivity contribution in [3.8, 4) is 5.75 Å². The number of hydrogen-bond acceptors (Lipinski definition) is 4. The van der Waals surface area contributed by atoms with Crippen LogP contribution in [0, 0.1) is 0 Å². The number of carboxylic acid groups (broad SMARTS) is 1. The lowest BCUT2D eigenvalue weighted by Crippen LogP contribution is -2.17. The number of aliphatic carboxylic acids is 1. The summed E-state index contributed by atoms with van der Waals surface area (Å²) < 4.78 is 16.5. The van der Waals surface area contributed by atoms with Gasteiger partial charge in [0.05, 0.1) is 19.3 Å². The van der Waals surface area contributed by atoms with Crippen LogP contribution in [0.25, 0.3) is 6.08 Å². The summed E-state index contributed by atoms with van der Waals surface area (Å²) in [4.78, 5) is 10.5. The highest BCUT2D eigenvalue weighted by Crippen LogP contribution is 2.15. The molecule has 1 aromatic rings. The van der Waals surface area contributed by atoms with Crippen LogP contribution in [-0.2, 0) is 14.3 Å². The third-order valence-electron chi connectivity index (χ3n) is 3.10. The molecule has 1 aromatic carbocycles. The Bertz CT molecular complexity index is 477. The predicted molar refractivity (Wildman–Crippen MR) is 78.4 cm³/mol. The van der Waals surface area contributed by atoms with Crippen LogP contribution in [0.15, 0.2) is 30.3 Å². The second kappa shape index (κ2) is 8.44. The summed E-state index contributed by atoms with van der Waals surface area (Å²) in [5.74, 6) is -0.271. The van der Waals surface area contributed by atoms with Crippen molar-refractivity contribution in [1.29, 1.82) is 0 Å². The predicted octanol–water partition coefficient (Wildman–Crippen LogP) is 2.36. The molecule has 1 aliphatic heterocycles. The quantitative estimate of drug-likeness (QED) is 0.588. The average molecular weight is 292 g/mol. The molecule has 114 valence electrons. The van der Waals surface area contributed by atoms with E-state index in [1.54, 1.807) is 6.07 Å². The number of carbonyl (C=O) groups is 1. The Kier molecular flexibility index (Phi) is 6.24. The van der Waals surface area contributed by atoms with Gasteiger partial charge in [0.25, 0.3) is 0 Å². The molecular formula is C16H20O5. The minimum absolute atomic E-state index is 0.231. The average Bonchev–Trinajstić information content (AvgIpc) is 2.98. The normalized spacial score (nSPS) is 18.2. The highest BCUT2D eigenvalue weighted by atomic mass is 16.5. The van der Waals surface area contributed by atoms with E-state index in [0.717, 1.165) is 31.1 Å². The molecule has 5 nitrogen and oxygen atoms in total. The molecule has 0 saturated carbocycles. The maximum absolute atomic E-state index is 10.5. The highest BCUT2D eigenvalue weighted by Gasteiger charge is 2.14. The molecule has 0 bridgehead atoms. The molecule has 1 heterocycles. The number of hydrogen-bond donors (Lipinski definition) is 1. The molecule has 0 aliphatic carbocycles. The lowest BCUT2D eigenvalue weighted by Gasteiger charge is -2.11. The molecule has 21 heavy (non-hydrogen) atoms. The van der Waals surface area contributed by atoms with E-state index < -0.39 is 5.97 Å². The van der Waals surface area contributed by atoms with Crippen LogP contribution in [0.5, 0.6) is 5.75 Å². The molecule has 0 radical (unpaired) electrons. The molecule has 1 saturated heterocycles. The molecule has 0 amide bonds. The first-order valence-electron chi connectivity index (χ1n) is 7.07. The van der Waals surface area contributed by atoms with Crippen LogP contribution in [-0.4, -0.2) is 43.6 Å². The van der Waals surface area contributed by atoms with Gasteiger partial charge in [-0.25, -0.2) is 4.79 Å². The number of rotatable bonds is 8. The van der Waals surface area contributed by atoms with E-state index in [9.17, 15) is 4.79 Å². The summed E-state index contributed by atoms with van der Waals surface area (Å²) in [5.41, 5.74) is 0.787. The maximum Gasteiger partial charge on any atom is 0.328 e. The Morgan fingerprint density at radius 1 is 1.43 bits per heavy atom. The Labute approximate surface area is 124 Å². The molecule has 1 unspecified atom stereocenters. The standard InChI is InChI=1S/C16H20O5/c17-16(18)7-6-13-3-1-4-14(11-13)21-10-9-19-12-15-5-2-8-20-15/h1,3-4,6-7,11,15H,2,5,8-10,12H2,(H,17,18). The zero-order chi connectivity index (χ0) is 14.9. The molecule has 1 aliphatic rings. The number of carboxylic acids is 1. The van der Waals surface area contributed by atoms with E-state index in [1.165, 1.54) is 6.08 Å². The zero-order valence-corrected chi connectivity index (χ0v) is 11.9. The van der Waals surface area contributed by atoms with E-state index in [4.69, 9.17) is 19.3 Å². The minimum Gasteiger partial charge on any atom is -0.491 e. The molecule has 0 spiro atoms. The van der Waals surface area contributed by atoms with Crippen LogP contribution in [0.4, 0.5) is 0 Å². The molecule has 1 fully saturated rings. The summed E-state index contributed by atoms with van der Waals surface area (Å²) in [6.07, 6.45) is 5.04. The van der Waals surface area contributed by atoms with Gasteiger partial charge in [-0.05, 0) is 36.6 Å². The van der Waals surface area contributed by atoms with Crippen molar-refractivity contribution in [2.75, 3.05) is 26.4 Å². The van der Waals surface area contributed by atoms with E-state index >= 15 is 0 Å². The van der Waals surface area contributed by atoms with Crippen molar-refractivity contribution in [3.63, 3.8) is 0 Å². The fraction of sp³-hybridized carbons (Fsp3) is 0.438. The van der Waals surface area contributed by atoms with Gasteiger partial charge in [-0.15, -0.1) is 0 Å². The first-order valence-corrected chi connectivity index (χ1v) is 7.07. The molecule has 5 heteroatoms. The van der Waals surface area contributed by atoms with Crippen molar-refractivity contribution in [3.05, 3.63) is 35.9 Å². The van der Waals surface area contributed by atoms with Crippen LogP contribution in [0.2, 0.25) is 0 Å². The van der Waals surface area contributed by atoms with E-state index in [1.807, 2.05) is 18.2 Å². The van der Waals surface area contributed by atoms with Crippen LogP contribution in [0.3, 0.4) is 0 Å². The molecule has 2 rings (SSSR count).